The van der Waals surface area contributed by atoms with E-state index in [-0.39, 0.29) is 0 Å². The summed E-state index contributed by atoms with van der Waals surface area (Å²) in [5.41, 5.74) is 10.5. The van der Waals surface area contributed by atoms with Crippen LogP contribution >= 0.6 is 0 Å². The average molecular weight is 515 g/mol. The molecule has 2 aliphatic rings. The first-order chi connectivity index (χ1) is 19.1. The largest absolute Gasteiger partial charge is 0.471 e. The Kier molecular flexibility index (Phi) is 5.44. The summed E-state index contributed by atoms with van der Waals surface area (Å²) < 4.78 is 9.47. The Bertz CT molecular complexity index is 1650. The lowest BCUT2D eigenvalue weighted by Gasteiger charge is -2.37. The van der Waals surface area contributed by atoms with Crippen molar-refractivity contribution in [3.8, 4) is 28.1 Å². The number of fused-ring (bicyclic) bond motifs is 11. The molecule has 0 bridgehead atoms. The van der Waals surface area contributed by atoms with Gasteiger partial charge in [-0.3, -0.25) is 4.40 Å². The van der Waals surface area contributed by atoms with Crippen molar-refractivity contribution in [3.63, 3.8) is 0 Å². The van der Waals surface area contributed by atoms with Crippen LogP contribution in [-0.4, -0.2) is 35.6 Å². The molecule has 0 radical (unpaired) electrons. The molecule has 1 spiro atoms. The molecule has 3 heterocycles. The predicted octanol–water partition coefficient (Wildman–Crippen LogP) is 7.36. The number of pyridine rings is 1. The van der Waals surface area contributed by atoms with E-state index in [1.165, 1.54) is 33.6 Å². The second kappa shape index (κ2) is 8.91. The van der Waals surface area contributed by atoms with Crippen molar-refractivity contribution >= 4 is 17.0 Å². The lowest BCUT2D eigenvalue weighted by Crippen LogP contribution is -2.38. The van der Waals surface area contributed by atoms with Crippen LogP contribution in [0.2, 0.25) is 0 Å². The Morgan fingerprint density at radius 2 is 1.28 bits per heavy atom. The highest BCUT2D eigenvalue weighted by atomic mass is 16.5. The van der Waals surface area contributed by atoms with Gasteiger partial charge in [0.15, 0.2) is 0 Å². The number of para-hydroxylation sites is 1. The molecular formula is C34H34N4O. The molecule has 0 N–H and O–H groups in total. The van der Waals surface area contributed by atoms with Crippen LogP contribution in [0.4, 0.5) is 11.4 Å². The van der Waals surface area contributed by atoms with Crippen LogP contribution in [0.1, 0.15) is 44.5 Å². The molecule has 3 aromatic carbocycles. The van der Waals surface area contributed by atoms with E-state index in [9.17, 15) is 0 Å². The van der Waals surface area contributed by atoms with Crippen molar-refractivity contribution in [3.05, 3.63) is 102 Å². The molecule has 0 saturated carbocycles. The van der Waals surface area contributed by atoms with E-state index in [0.29, 0.717) is 0 Å². The third-order valence-corrected chi connectivity index (χ3v) is 8.58. The fourth-order valence-electron chi connectivity index (χ4n) is 6.69. The molecule has 0 atom stereocenters. The summed E-state index contributed by atoms with van der Waals surface area (Å²) in [5, 5.41) is 0. The summed E-state index contributed by atoms with van der Waals surface area (Å²) in [4.78, 5) is 10.00. The maximum absolute atomic E-state index is 7.24. The summed E-state index contributed by atoms with van der Waals surface area (Å²) in [7, 11) is 0. The second-order valence-electron chi connectivity index (χ2n) is 10.3. The number of aromatic nitrogens is 2. The van der Waals surface area contributed by atoms with Crippen molar-refractivity contribution in [2.75, 3.05) is 36.0 Å². The zero-order chi connectivity index (χ0) is 26.7. The Morgan fingerprint density at radius 1 is 0.692 bits per heavy atom. The van der Waals surface area contributed by atoms with Gasteiger partial charge in [0.05, 0.1) is 0 Å². The first kappa shape index (κ1) is 23.8. The quantitative estimate of drug-likeness (QED) is 0.237. The molecule has 196 valence electrons. The Hall–Kier alpha value is -4.25. The number of rotatable bonds is 6. The fourth-order valence-corrected chi connectivity index (χ4v) is 6.69. The molecule has 5 heteroatoms. The summed E-state index contributed by atoms with van der Waals surface area (Å²) in [6, 6.07) is 28.4. The molecule has 0 fully saturated rings. The lowest BCUT2D eigenvalue weighted by molar-refractivity contribution is 0.151. The van der Waals surface area contributed by atoms with Crippen LogP contribution in [0.3, 0.4) is 0 Å². The van der Waals surface area contributed by atoms with E-state index in [2.05, 4.69) is 127 Å². The van der Waals surface area contributed by atoms with Crippen molar-refractivity contribution in [1.29, 1.82) is 0 Å². The highest BCUT2D eigenvalue weighted by Crippen LogP contribution is 2.59. The lowest BCUT2D eigenvalue weighted by atomic mass is 9.83. The average Bonchev–Trinajstić information content (AvgIpc) is 3.49. The maximum Gasteiger partial charge on any atom is 0.203 e. The number of hydrogen-bond acceptors (Lipinski definition) is 4. The third-order valence-electron chi connectivity index (χ3n) is 8.58. The molecule has 5 nitrogen and oxygen atoms in total. The highest BCUT2D eigenvalue weighted by molar-refractivity contribution is 5.90. The van der Waals surface area contributed by atoms with Crippen LogP contribution in [0, 0.1) is 0 Å². The van der Waals surface area contributed by atoms with Gasteiger partial charge in [0.1, 0.15) is 22.8 Å². The minimum Gasteiger partial charge on any atom is -0.471 e. The number of benzene rings is 3. The van der Waals surface area contributed by atoms with Crippen LogP contribution < -0.4 is 14.5 Å². The minimum atomic E-state index is -0.807. The van der Waals surface area contributed by atoms with Crippen LogP contribution in [-0.2, 0) is 5.60 Å². The first-order valence-electron chi connectivity index (χ1n) is 14.2. The van der Waals surface area contributed by atoms with Gasteiger partial charge in [0.2, 0.25) is 5.60 Å². The topological polar surface area (TPSA) is 33.0 Å². The van der Waals surface area contributed by atoms with Gasteiger partial charge in [-0.25, -0.2) is 4.98 Å². The summed E-state index contributed by atoms with van der Waals surface area (Å²) in [6.45, 7) is 12.7. The molecule has 7 rings (SSSR count). The van der Waals surface area contributed by atoms with Crippen LogP contribution in [0.5, 0.6) is 5.75 Å². The number of anilines is 2. The number of imidazole rings is 1. The predicted molar refractivity (Wildman–Crippen MR) is 160 cm³/mol. The fraction of sp³-hybridized carbons (Fsp3) is 0.265. The van der Waals surface area contributed by atoms with E-state index in [4.69, 9.17) is 9.72 Å². The summed E-state index contributed by atoms with van der Waals surface area (Å²) in [6.07, 6.45) is 2.12. The van der Waals surface area contributed by atoms with E-state index in [0.717, 1.165) is 54.5 Å². The van der Waals surface area contributed by atoms with E-state index in [1.807, 2.05) is 0 Å². The highest BCUT2D eigenvalue weighted by Gasteiger charge is 2.53. The number of ether oxygens (including phenoxy) is 1. The molecule has 0 amide bonds. The van der Waals surface area contributed by atoms with Crippen molar-refractivity contribution in [1.82, 2.24) is 9.38 Å². The summed E-state index contributed by atoms with van der Waals surface area (Å²) >= 11 is 0. The molecule has 1 aliphatic heterocycles. The number of nitrogens with zero attached hydrogens (tertiary/aromatic N) is 4. The Balaban J connectivity index is 1.59. The van der Waals surface area contributed by atoms with Crippen LogP contribution in [0.15, 0.2) is 85.1 Å². The van der Waals surface area contributed by atoms with E-state index in [1.54, 1.807) is 0 Å². The van der Waals surface area contributed by atoms with Gasteiger partial charge in [-0.2, -0.15) is 0 Å². The van der Waals surface area contributed by atoms with Crippen molar-refractivity contribution < 1.29 is 4.74 Å². The summed E-state index contributed by atoms with van der Waals surface area (Å²) in [5.74, 6) is 0.868. The molecule has 0 unspecified atom stereocenters. The zero-order valence-corrected chi connectivity index (χ0v) is 23.1. The van der Waals surface area contributed by atoms with Gasteiger partial charge in [-0.15, -0.1) is 0 Å². The smallest absolute Gasteiger partial charge is 0.203 e. The number of hydrogen-bond donors (Lipinski definition) is 0. The van der Waals surface area contributed by atoms with Gasteiger partial charge in [-0.05, 0) is 87.4 Å². The molecule has 39 heavy (non-hydrogen) atoms. The zero-order valence-electron chi connectivity index (χ0n) is 23.1. The second-order valence-corrected chi connectivity index (χ2v) is 10.3. The molecule has 5 aromatic rings. The SMILES string of the molecule is CCN(CC)c1ccc2c(c1)-c1cc(N(CC)CC)ccc1C21Oc2ccccc2-c2nc3ccccn3c21. The van der Waals surface area contributed by atoms with Gasteiger partial charge >= 0.3 is 0 Å². The molecule has 0 saturated heterocycles. The van der Waals surface area contributed by atoms with Gasteiger partial charge in [0.25, 0.3) is 0 Å². The van der Waals surface area contributed by atoms with Crippen molar-refractivity contribution in [2.24, 2.45) is 0 Å². The monoisotopic (exact) mass is 514 g/mol. The van der Waals surface area contributed by atoms with Crippen molar-refractivity contribution in [2.45, 2.75) is 33.3 Å². The molecular weight excluding hydrogens is 480 g/mol. The van der Waals surface area contributed by atoms with Gasteiger partial charge in [-0.1, -0.05) is 30.3 Å². The molecule has 2 aromatic heterocycles. The van der Waals surface area contributed by atoms with E-state index < -0.39 is 5.60 Å². The first-order valence-corrected chi connectivity index (χ1v) is 14.2. The minimum absolute atomic E-state index is 0.807. The Morgan fingerprint density at radius 3 is 1.90 bits per heavy atom. The van der Waals surface area contributed by atoms with Gasteiger partial charge in [0, 0.05) is 60.4 Å². The maximum atomic E-state index is 7.24. The third kappa shape index (κ3) is 3.22. The van der Waals surface area contributed by atoms with Gasteiger partial charge < -0.3 is 14.5 Å². The van der Waals surface area contributed by atoms with E-state index >= 15 is 0 Å². The Labute approximate surface area is 230 Å². The normalized spacial score (nSPS) is 13.9. The standard InChI is InChI=1S/C34H34N4O/c1-5-36(6-2)23-16-18-28-26(21-23)27-22-24(37(7-3)8-4)17-19-29(27)34(28)33-32(25-13-9-10-14-30(25)39-34)35-31-15-11-12-20-38(31)33/h9-22H,5-8H2,1-4H3. The molecule has 1 aliphatic carbocycles. The van der Waals surface area contributed by atoms with Crippen LogP contribution in [0.25, 0.3) is 28.0 Å².